The minimum atomic E-state index is -2.83. The first-order valence-corrected chi connectivity index (χ1v) is 10.2. The highest BCUT2D eigenvalue weighted by Gasteiger charge is 2.28. The lowest BCUT2D eigenvalue weighted by atomic mass is 10.0. The van der Waals surface area contributed by atoms with E-state index in [-0.39, 0.29) is 41.8 Å². The van der Waals surface area contributed by atoms with Gasteiger partial charge in [0.25, 0.3) is 0 Å². The smallest absolute Gasteiger partial charge is 0.191 e. The highest BCUT2D eigenvalue weighted by Crippen LogP contribution is 2.17. The van der Waals surface area contributed by atoms with Crippen LogP contribution in [0, 0.1) is 5.92 Å². The normalized spacial score (nSPS) is 29.6. The molecule has 3 atom stereocenters. The molecule has 0 spiro atoms. The van der Waals surface area contributed by atoms with Gasteiger partial charge >= 0.3 is 0 Å². The van der Waals surface area contributed by atoms with Gasteiger partial charge in [-0.05, 0) is 39.0 Å². The molecule has 0 amide bonds. The number of aliphatic imine (C=N–C) groups is 1. The Labute approximate surface area is 162 Å². The third-order valence-corrected chi connectivity index (χ3v) is 6.05. The molecule has 0 aromatic heterocycles. The number of halogens is 1. The van der Waals surface area contributed by atoms with Crippen molar-refractivity contribution in [3.63, 3.8) is 0 Å². The Morgan fingerprint density at radius 3 is 2.71 bits per heavy atom. The van der Waals surface area contributed by atoms with E-state index in [1.165, 1.54) is 0 Å². The van der Waals surface area contributed by atoms with Crippen LogP contribution in [0.3, 0.4) is 0 Å². The van der Waals surface area contributed by atoms with Crippen molar-refractivity contribution in [2.45, 2.75) is 45.3 Å². The molecule has 2 saturated heterocycles. The molecule has 2 rings (SSSR count). The van der Waals surface area contributed by atoms with E-state index in [9.17, 15) is 8.42 Å². The van der Waals surface area contributed by atoms with Gasteiger partial charge in [0, 0.05) is 19.2 Å². The Morgan fingerprint density at radius 2 is 2.12 bits per heavy atom. The first-order valence-electron chi connectivity index (χ1n) is 8.35. The van der Waals surface area contributed by atoms with Crippen LogP contribution in [-0.4, -0.2) is 57.7 Å². The Morgan fingerprint density at radius 1 is 1.38 bits per heavy atom. The zero-order chi connectivity index (χ0) is 16.9. The summed E-state index contributed by atoms with van der Waals surface area (Å²) in [6.45, 7) is 9.87. The first-order chi connectivity index (χ1) is 10.8. The average Bonchev–Trinajstić information content (AvgIpc) is 2.81. The average molecular weight is 471 g/mol. The molecule has 0 aliphatic carbocycles. The van der Waals surface area contributed by atoms with Crippen LogP contribution >= 0.6 is 24.0 Å². The predicted octanol–water partition coefficient (Wildman–Crippen LogP) is 1.72. The highest BCUT2D eigenvalue weighted by atomic mass is 127. The van der Waals surface area contributed by atoms with Crippen molar-refractivity contribution >= 4 is 39.8 Å². The fraction of sp³-hybridized carbons (Fsp3) is 0.812. The molecule has 24 heavy (non-hydrogen) atoms. The van der Waals surface area contributed by atoms with Crippen LogP contribution in [0.15, 0.2) is 17.1 Å². The highest BCUT2D eigenvalue weighted by molar-refractivity contribution is 14.0. The van der Waals surface area contributed by atoms with Gasteiger partial charge in [-0.15, -0.1) is 24.0 Å². The van der Waals surface area contributed by atoms with E-state index >= 15 is 0 Å². The van der Waals surface area contributed by atoms with Crippen molar-refractivity contribution in [1.82, 2.24) is 10.6 Å². The number of hydrogen-bond donors (Lipinski definition) is 2. The Hall–Kier alpha value is -0.350. The van der Waals surface area contributed by atoms with Crippen LogP contribution in [0.25, 0.3) is 0 Å². The summed E-state index contributed by atoms with van der Waals surface area (Å²) in [6.07, 6.45) is 2.89. The Bertz CT molecular complexity index is 551. The van der Waals surface area contributed by atoms with Gasteiger partial charge in [0.1, 0.15) is 0 Å². The molecule has 2 heterocycles. The molecule has 0 aromatic carbocycles. The van der Waals surface area contributed by atoms with E-state index in [0.29, 0.717) is 24.9 Å². The minimum absolute atomic E-state index is 0. The fourth-order valence-corrected chi connectivity index (χ4v) is 4.82. The van der Waals surface area contributed by atoms with Gasteiger partial charge in [-0.2, -0.15) is 0 Å². The molecule has 0 aromatic rings. The van der Waals surface area contributed by atoms with Gasteiger partial charge in [0.05, 0.1) is 24.2 Å². The number of nitrogens with zero attached hydrogens (tertiary/aromatic N) is 1. The van der Waals surface area contributed by atoms with Crippen LogP contribution < -0.4 is 10.6 Å². The van der Waals surface area contributed by atoms with Crippen LogP contribution in [0.2, 0.25) is 0 Å². The lowest BCUT2D eigenvalue weighted by molar-refractivity contribution is 0.0165. The van der Waals surface area contributed by atoms with E-state index < -0.39 is 9.84 Å². The van der Waals surface area contributed by atoms with E-state index in [2.05, 4.69) is 29.1 Å². The molecule has 2 N–H and O–H groups in total. The van der Waals surface area contributed by atoms with Gasteiger partial charge in [-0.3, -0.25) is 0 Å². The molecular formula is C16H30IN3O3S. The van der Waals surface area contributed by atoms with E-state index in [4.69, 9.17) is 4.74 Å². The second kappa shape index (κ2) is 9.96. The summed E-state index contributed by atoms with van der Waals surface area (Å²) in [5.74, 6) is 1.51. The number of nitrogens with one attached hydrogen (secondary N) is 2. The molecule has 2 fully saturated rings. The number of guanidine groups is 1. The van der Waals surface area contributed by atoms with Gasteiger partial charge < -0.3 is 15.4 Å². The summed E-state index contributed by atoms with van der Waals surface area (Å²) in [4.78, 5) is 4.54. The van der Waals surface area contributed by atoms with Crippen LogP contribution in [-0.2, 0) is 14.6 Å². The number of ether oxygens (including phenoxy) is 1. The molecule has 0 bridgehead atoms. The topological polar surface area (TPSA) is 79.8 Å². The number of rotatable bonds is 5. The van der Waals surface area contributed by atoms with E-state index in [0.717, 1.165) is 37.4 Å². The third kappa shape index (κ3) is 7.69. The van der Waals surface area contributed by atoms with Gasteiger partial charge in [-0.25, -0.2) is 13.4 Å². The van der Waals surface area contributed by atoms with Crippen molar-refractivity contribution in [2.24, 2.45) is 10.9 Å². The molecule has 0 radical (unpaired) electrons. The number of sulfone groups is 1. The molecule has 2 aliphatic heterocycles. The summed E-state index contributed by atoms with van der Waals surface area (Å²) in [6, 6.07) is 0.336. The largest absolute Gasteiger partial charge is 0.378 e. The SMILES string of the molecule is C=C(C)CN=C(NCC1CCS(=O)(=O)C1)NC1CCOC(C)C1.I. The molecular weight excluding hydrogens is 441 g/mol. The standard InChI is InChI=1S/C16H29N3O3S.HI/c1-12(2)9-17-16(19-15-4-6-22-13(3)8-15)18-10-14-5-7-23(20,21)11-14;/h13-15H,1,4-11H2,2-3H3,(H2,17,18,19);1H. The van der Waals surface area contributed by atoms with Crippen molar-refractivity contribution < 1.29 is 13.2 Å². The van der Waals surface area contributed by atoms with Crippen LogP contribution in [0.4, 0.5) is 0 Å². The fourth-order valence-electron chi connectivity index (χ4n) is 2.96. The quantitative estimate of drug-likeness (QED) is 0.276. The Balaban J connectivity index is 0.00000288. The van der Waals surface area contributed by atoms with Crippen molar-refractivity contribution in [3.8, 4) is 0 Å². The summed E-state index contributed by atoms with van der Waals surface area (Å²) < 4.78 is 28.7. The van der Waals surface area contributed by atoms with Crippen LogP contribution in [0.5, 0.6) is 0 Å². The molecule has 3 unspecified atom stereocenters. The zero-order valence-corrected chi connectivity index (χ0v) is 17.7. The Kier molecular flexibility index (Phi) is 9.00. The molecule has 0 saturated carbocycles. The third-order valence-electron chi connectivity index (χ3n) is 4.22. The van der Waals surface area contributed by atoms with Crippen LogP contribution in [0.1, 0.15) is 33.1 Å². The van der Waals surface area contributed by atoms with Crippen molar-refractivity contribution in [1.29, 1.82) is 0 Å². The predicted molar refractivity (Wildman–Crippen MR) is 109 cm³/mol. The maximum atomic E-state index is 11.6. The van der Waals surface area contributed by atoms with Gasteiger partial charge in [-0.1, -0.05) is 12.2 Å². The lowest BCUT2D eigenvalue weighted by Gasteiger charge is -2.29. The molecule has 2 aliphatic rings. The second-order valence-corrected chi connectivity index (χ2v) is 9.05. The van der Waals surface area contributed by atoms with E-state index in [1.54, 1.807) is 0 Å². The maximum absolute atomic E-state index is 11.6. The molecule has 6 nitrogen and oxygen atoms in total. The van der Waals surface area contributed by atoms with Crippen molar-refractivity contribution in [3.05, 3.63) is 12.2 Å². The molecule has 140 valence electrons. The lowest BCUT2D eigenvalue weighted by Crippen LogP contribution is -2.48. The monoisotopic (exact) mass is 471 g/mol. The first kappa shape index (κ1) is 21.7. The van der Waals surface area contributed by atoms with Crippen molar-refractivity contribution in [2.75, 3.05) is 31.2 Å². The minimum Gasteiger partial charge on any atom is -0.378 e. The second-order valence-electron chi connectivity index (χ2n) is 6.82. The molecule has 8 heteroatoms. The summed E-state index contributed by atoms with van der Waals surface area (Å²) in [7, 11) is -2.83. The summed E-state index contributed by atoms with van der Waals surface area (Å²) in [5.41, 5.74) is 0.995. The summed E-state index contributed by atoms with van der Waals surface area (Å²) in [5, 5.41) is 6.76. The maximum Gasteiger partial charge on any atom is 0.191 e. The van der Waals surface area contributed by atoms with Gasteiger partial charge in [0.2, 0.25) is 0 Å². The van der Waals surface area contributed by atoms with Gasteiger partial charge in [0.15, 0.2) is 15.8 Å². The number of hydrogen-bond acceptors (Lipinski definition) is 4. The van der Waals surface area contributed by atoms with E-state index in [1.807, 2.05) is 6.92 Å². The summed E-state index contributed by atoms with van der Waals surface area (Å²) >= 11 is 0. The zero-order valence-electron chi connectivity index (χ0n) is 14.6.